The van der Waals surface area contributed by atoms with Crippen LogP contribution in [0.15, 0.2) is 0 Å². The highest BCUT2D eigenvalue weighted by molar-refractivity contribution is 14.2. The molecule has 56 valence electrons. The summed E-state index contributed by atoms with van der Waals surface area (Å²) in [6, 6.07) is 0. The van der Waals surface area contributed by atoms with E-state index in [1.807, 2.05) is 0 Å². The molecular weight excluding hydrogens is 685 g/mol. The molecule has 6 heteroatoms. The lowest BCUT2D eigenvalue weighted by molar-refractivity contribution is 1.57. The molecule has 0 aromatic rings. The monoisotopic (exact) mass is 689 g/mol. The van der Waals surface area contributed by atoms with Crippen LogP contribution in [0.5, 0.6) is 0 Å². The predicted molar refractivity (Wildman–Crippen MR) is 84.4 cm³/mol. The molecule has 0 bridgehead atoms. The molecule has 3 N–H and O–H groups in total. The maximum atomic E-state index is 2.52. The first-order valence-electron chi connectivity index (χ1n) is 1.80. The van der Waals surface area contributed by atoms with Crippen LogP contribution in [0.3, 0.4) is 0 Å². The lowest BCUT2D eigenvalue weighted by atomic mass is 11.0. The fraction of sp³-hybridized carbons (Fsp3) is 1.00. The van der Waals surface area contributed by atoms with Gasteiger partial charge < -0.3 is 6.15 Å². The summed E-state index contributed by atoms with van der Waals surface area (Å²) in [5, 5.41) is 0. The summed E-state index contributed by atoms with van der Waals surface area (Å²) in [6.45, 7) is 0. The summed E-state index contributed by atoms with van der Waals surface area (Å²) in [4.78, 5) is 0. The van der Waals surface area contributed by atoms with E-state index in [0.29, 0.717) is 2.86 Å². The minimum absolute atomic E-state index is 0. The van der Waals surface area contributed by atoms with Crippen molar-refractivity contribution in [1.29, 1.82) is 0 Å². The molecule has 0 atom stereocenters. The van der Waals surface area contributed by atoms with Gasteiger partial charge in [0.2, 0.25) is 0 Å². The molecule has 1 nitrogen and oxygen atoms in total. The van der Waals surface area contributed by atoms with Crippen LogP contribution in [-0.4, -0.2) is 6.78 Å². The van der Waals surface area contributed by atoms with Crippen molar-refractivity contribution < 1.29 is 0 Å². The number of hydrogen-bond donors (Lipinski definition) is 1. The van der Waals surface area contributed by atoms with E-state index in [0.717, 1.165) is 3.92 Å². The van der Waals surface area contributed by atoms with Gasteiger partial charge in [-0.15, -0.1) is 0 Å². The van der Waals surface area contributed by atoms with Crippen molar-refractivity contribution in [3.8, 4) is 0 Å². The van der Waals surface area contributed by atoms with Gasteiger partial charge in [-0.1, -0.05) is 113 Å². The highest BCUT2D eigenvalue weighted by atomic mass is 127. The molecule has 1 fully saturated rings. The lowest BCUT2D eigenvalue weighted by Crippen LogP contribution is -1.92. The Labute approximate surface area is 123 Å². The third-order valence-electron chi connectivity index (χ3n) is 0.998. The van der Waals surface area contributed by atoms with E-state index in [9.17, 15) is 0 Å². The van der Waals surface area contributed by atoms with Crippen molar-refractivity contribution >= 4 is 113 Å². The van der Waals surface area contributed by atoms with Crippen LogP contribution < -0.4 is 6.15 Å². The highest BCUT2D eigenvalue weighted by Gasteiger charge is 2.71. The standard InChI is InChI=1S/C3HI5.H3N/c4-1-2(5,6)3(1,7)8;/h1H;1H3. The Morgan fingerprint density at radius 3 is 1.00 bits per heavy atom. The van der Waals surface area contributed by atoms with Crippen LogP contribution in [0.25, 0.3) is 0 Å². The van der Waals surface area contributed by atoms with E-state index in [2.05, 4.69) is 113 Å². The van der Waals surface area contributed by atoms with Crippen LogP contribution in [-0.2, 0) is 0 Å². The zero-order valence-electron chi connectivity index (χ0n) is 4.17. The summed E-state index contributed by atoms with van der Waals surface area (Å²) in [5.74, 6) is 0. The number of rotatable bonds is 0. The average Bonchev–Trinajstić information content (AvgIpc) is 1.88. The van der Waals surface area contributed by atoms with Crippen molar-refractivity contribution in [3.05, 3.63) is 0 Å². The van der Waals surface area contributed by atoms with Crippen molar-refractivity contribution in [2.24, 2.45) is 0 Å². The molecule has 0 spiro atoms. The van der Waals surface area contributed by atoms with Crippen LogP contribution in [0.4, 0.5) is 0 Å². The molecule has 0 aromatic heterocycles. The van der Waals surface area contributed by atoms with Crippen LogP contribution >= 0.6 is 113 Å². The van der Waals surface area contributed by atoms with E-state index in [4.69, 9.17) is 0 Å². The fourth-order valence-electron chi connectivity index (χ4n) is 0.306. The first-order valence-corrected chi connectivity index (χ1v) is 7.36. The molecule has 0 radical (unpaired) electrons. The zero-order valence-corrected chi connectivity index (χ0v) is 15.0. The number of hydrogen-bond acceptors (Lipinski definition) is 1. The number of alkyl halides is 5. The molecule has 0 aliphatic heterocycles. The van der Waals surface area contributed by atoms with Gasteiger partial charge in [-0.05, 0) is 0 Å². The summed E-state index contributed by atoms with van der Waals surface area (Å²) < 4.78 is 1.84. The summed E-state index contributed by atoms with van der Waals surface area (Å²) >= 11 is 12.6. The van der Waals surface area contributed by atoms with Crippen LogP contribution in [0, 0.1) is 0 Å². The molecule has 0 amide bonds. The molecule has 0 aromatic carbocycles. The van der Waals surface area contributed by atoms with Gasteiger partial charge in [-0.3, -0.25) is 0 Å². The molecule has 1 rings (SSSR count). The smallest absolute Gasteiger partial charge is 0.112 e. The Balaban J connectivity index is 0.000000640. The molecule has 9 heavy (non-hydrogen) atoms. The number of halogens is 5. The Morgan fingerprint density at radius 2 is 1.00 bits per heavy atom. The van der Waals surface area contributed by atoms with Crippen LogP contribution in [0.1, 0.15) is 0 Å². The largest absolute Gasteiger partial charge is 0.344 e. The van der Waals surface area contributed by atoms with Gasteiger partial charge in [-0.2, -0.15) is 0 Å². The molecule has 1 saturated carbocycles. The zero-order chi connectivity index (χ0) is 6.58. The van der Waals surface area contributed by atoms with Gasteiger partial charge >= 0.3 is 0 Å². The molecule has 1 aliphatic rings. The Kier molecular flexibility index (Phi) is 5.29. The van der Waals surface area contributed by atoms with Crippen molar-refractivity contribution in [1.82, 2.24) is 6.15 Å². The first kappa shape index (κ1) is 12.6. The molecule has 0 heterocycles. The topological polar surface area (TPSA) is 35.0 Å². The van der Waals surface area contributed by atoms with Gasteiger partial charge in [0.1, 0.15) is 2.86 Å². The minimum Gasteiger partial charge on any atom is -0.344 e. The van der Waals surface area contributed by atoms with Gasteiger partial charge in [-0.25, -0.2) is 0 Å². The van der Waals surface area contributed by atoms with Crippen molar-refractivity contribution in [3.63, 3.8) is 0 Å². The predicted octanol–water partition coefficient (Wildman–Crippen LogP) is 4.10. The van der Waals surface area contributed by atoms with Gasteiger partial charge in [0, 0.05) is 0 Å². The fourth-order valence-corrected chi connectivity index (χ4v) is 8.37. The van der Waals surface area contributed by atoms with Crippen molar-refractivity contribution in [2.45, 2.75) is 6.78 Å². The van der Waals surface area contributed by atoms with Crippen molar-refractivity contribution in [2.75, 3.05) is 0 Å². The van der Waals surface area contributed by atoms with Crippen LogP contribution in [0.2, 0.25) is 0 Å². The molecule has 0 saturated heterocycles. The molecule has 0 unspecified atom stereocenters. The Morgan fingerprint density at radius 1 is 0.889 bits per heavy atom. The van der Waals surface area contributed by atoms with E-state index < -0.39 is 0 Å². The van der Waals surface area contributed by atoms with E-state index in [1.165, 1.54) is 0 Å². The maximum Gasteiger partial charge on any atom is 0.112 e. The van der Waals surface area contributed by atoms with Gasteiger partial charge in [0.05, 0.1) is 3.92 Å². The maximum absolute atomic E-state index is 2.52. The average molecular weight is 689 g/mol. The van der Waals surface area contributed by atoms with Gasteiger partial charge in [0.15, 0.2) is 0 Å². The second-order valence-corrected chi connectivity index (χ2v) is 13.8. The second kappa shape index (κ2) is 3.77. The third kappa shape index (κ3) is 2.10. The molecular formula is C3H4I5N. The minimum atomic E-state index is 0. The van der Waals surface area contributed by atoms with E-state index in [-0.39, 0.29) is 6.15 Å². The van der Waals surface area contributed by atoms with E-state index >= 15 is 0 Å². The first-order chi connectivity index (χ1) is 3.40. The summed E-state index contributed by atoms with van der Waals surface area (Å²) in [7, 11) is 0. The SMILES string of the molecule is IC1C(I)(I)C1(I)I.N. The normalized spacial score (nSPS) is 29.0. The van der Waals surface area contributed by atoms with Gasteiger partial charge in [0.25, 0.3) is 0 Å². The molecule has 1 aliphatic carbocycles. The Hall–Kier alpha value is 3.61. The van der Waals surface area contributed by atoms with E-state index in [1.54, 1.807) is 0 Å². The summed E-state index contributed by atoms with van der Waals surface area (Å²) in [6.07, 6.45) is 0. The Bertz CT molecular complexity index is 107. The lowest BCUT2D eigenvalue weighted by Gasteiger charge is -1.95. The quantitative estimate of drug-likeness (QED) is 0.302. The summed E-state index contributed by atoms with van der Waals surface area (Å²) in [5.41, 5.74) is 0. The second-order valence-electron chi connectivity index (χ2n) is 1.61. The highest BCUT2D eigenvalue weighted by Crippen LogP contribution is 2.73. The third-order valence-corrected chi connectivity index (χ3v) is 17.7.